The summed E-state index contributed by atoms with van der Waals surface area (Å²) in [5, 5.41) is 4.44. The van der Waals surface area contributed by atoms with Crippen molar-refractivity contribution in [2.75, 3.05) is 4.90 Å². The molecule has 0 radical (unpaired) electrons. The van der Waals surface area contributed by atoms with E-state index in [1.165, 1.54) is 22.3 Å². The Morgan fingerprint density at radius 2 is 0.619 bits per heavy atom. The van der Waals surface area contributed by atoms with E-state index in [0.29, 0.717) is 0 Å². The summed E-state index contributed by atoms with van der Waals surface area (Å²) in [5.41, 5.74) is 17.9. The number of benzene rings is 10. The minimum Gasteiger partial charge on any atom is -0.455 e. The van der Waals surface area contributed by atoms with Gasteiger partial charge in [0, 0.05) is 49.5 Å². The van der Waals surface area contributed by atoms with E-state index < -0.39 is 0 Å². The molecule has 0 aliphatic carbocycles. The van der Waals surface area contributed by atoms with Gasteiger partial charge in [-0.15, -0.1) is 0 Å². The Kier molecular flexibility index (Phi) is 8.83. The molecule has 2 aromatic heterocycles. The molecule has 0 bridgehead atoms. The fraction of sp³-hybridized carbons (Fsp3) is 0. The lowest BCUT2D eigenvalue weighted by Gasteiger charge is -2.30. The predicted molar refractivity (Wildman–Crippen MR) is 263 cm³/mol. The third-order valence-electron chi connectivity index (χ3n) is 12.3. The third kappa shape index (κ3) is 6.21. The average molecular weight is 806 g/mol. The van der Waals surface area contributed by atoms with Crippen molar-refractivity contribution in [3.8, 4) is 55.6 Å². The highest BCUT2D eigenvalue weighted by molar-refractivity contribution is 6.12. The molecule has 12 rings (SSSR count). The SMILES string of the molecule is c1ccc(-c2ccccc2-c2ccccc2-c2ccccc2N(c2ccc(-c3cccc4c3oc3ccccc34)cc2)c2ccccc2-c2cccc3c2oc2ccccc23)cc1. The van der Waals surface area contributed by atoms with E-state index >= 15 is 0 Å². The molecule has 0 unspecified atom stereocenters. The zero-order chi connectivity index (χ0) is 41.7. The molecule has 0 atom stereocenters. The Balaban J connectivity index is 1.07. The molecule has 0 spiro atoms. The van der Waals surface area contributed by atoms with Crippen LogP contribution in [-0.2, 0) is 0 Å². The second-order valence-corrected chi connectivity index (χ2v) is 15.9. The van der Waals surface area contributed by atoms with E-state index in [2.05, 4.69) is 217 Å². The first-order chi connectivity index (χ1) is 31.3. The van der Waals surface area contributed by atoms with Crippen LogP contribution < -0.4 is 4.90 Å². The number of hydrogen-bond acceptors (Lipinski definition) is 3. The van der Waals surface area contributed by atoms with E-state index in [1.807, 2.05) is 24.3 Å². The Morgan fingerprint density at radius 1 is 0.238 bits per heavy atom. The number of hydrogen-bond donors (Lipinski definition) is 0. The first-order valence-corrected chi connectivity index (χ1v) is 21.4. The molecular formula is C60H39NO2. The molecule has 0 N–H and O–H groups in total. The zero-order valence-corrected chi connectivity index (χ0v) is 34.3. The topological polar surface area (TPSA) is 29.5 Å². The van der Waals surface area contributed by atoms with Crippen LogP contribution in [0.3, 0.4) is 0 Å². The van der Waals surface area contributed by atoms with Crippen molar-refractivity contribution in [3.05, 3.63) is 237 Å². The Hall–Kier alpha value is -8.40. The molecule has 296 valence electrons. The van der Waals surface area contributed by atoms with Crippen LogP contribution in [0.1, 0.15) is 0 Å². The van der Waals surface area contributed by atoms with E-state index in [1.54, 1.807) is 0 Å². The van der Waals surface area contributed by atoms with Gasteiger partial charge in [0.05, 0.1) is 11.4 Å². The van der Waals surface area contributed by atoms with Gasteiger partial charge in [0.15, 0.2) is 0 Å². The fourth-order valence-electron chi connectivity index (χ4n) is 9.46. The normalized spacial score (nSPS) is 11.5. The summed E-state index contributed by atoms with van der Waals surface area (Å²) >= 11 is 0. The molecule has 2 heterocycles. The van der Waals surface area contributed by atoms with E-state index in [4.69, 9.17) is 8.83 Å². The molecule has 0 saturated carbocycles. The van der Waals surface area contributed by atoms with Gasteiger partial charge in [0.1, 0.15) is 22.3 Å². The van der Waals surface area contributed by atoms with Crippen LogP contribution in [0.15, 0.2) is 245 Å². The summed E-state index contributed by atoms with van der Waals surface area (Å²) in [6.07, 6.45) is 0. The maximum Gasteiger partial charge on any atom is 0.143 e. The standard InChI is InChI=1S/C60H39NO2/c1-2-18-40(19-3-1)43-20-4-5-21-45(43)46-22-6-7-23-47(46)48-24-8-12-32-55(48)61(42-38-36-41(37-39-42)44-28-16-30-53-50-26-10-14-34-57(50)62-59(44)53)56-33-13-9-25-49(56)52-29-17-31-54-51-27-11-15-35-58(51)63-60(52)54/h1-39H. The van der Waals surface area contributed by atoms with Gasteiger partial charge in [-0.2, -0.15) is 0 Å². The number of furan rings is 2. The molecule has 63 heavy (non-hydrogen) atoms. The number of nitrogens with zero attached hydrogens (tertiary/aromatic N) is 1. The van der Waals surface area contributed by atoms with E-state index in [-0.39, 0.29) is 0 Å². The highest BCUT2D eigenvalue weighted by Crippen LogP contribution is 2.49. The van der Waals surface area contributed by atoms with Gasteiger partial charge in [-0.1, -0.05) is 200 Å². The number of anilines is 3. The zero-order valence-electron chi connectivity index (χ0n) is 34.3. The Bertz CT molecular complexity index is 3630. The van der Waals surface area contributed by atoms with Crippen molar-refractivity contribution in [2.24, 2.45) is 0 Å². The monoisotopic (exact) mass is 805 g/mol. The van der Waals surface area contributed by atoms with Gasteiger partial charge in [0.2, 0.25) is 0 Å². The first kappa shape index (κ1) is 36.5. The van der Waals surface area contributed by atoms with Gasteiger partial charge in [-0.25, -0.2) is 0 Å². The minimum atomic E-state index is 0.872. The van der Waals surface area contributed by atoms with Gasteiger partial charge in [-0.05, 0) is 69.8 Å². The minimum absolute atomic E-state index is 0.872. The molecule has 0 aliphatic rings. The van der Waals surface area contributed by atoms with Gasteiger partial charge in [0.25, 0.3) is 0 Å². The van der Waals surface area contributed by atoms with Crippen molar-refractivity contribution in [1.82, 2.24) is 0 Å². The second-order valence-electron chi connectivity index (χ2n) is 15.9. The molecule has 12 aromatic rings. The maximum absolute atomic E-state index is 6.68. The molecule has 0 aliphatic heterocycles. The summed E-state index contributed by atoms with van der Waals surface area (Å²) in [7, 11) is 0. The number of rotatable bonds is 8. The second kappa shape index (κ2) is 15.3. The van der Waals surface area contributed by atoms with Crippen LogP contribution in [0, 0.1) is 0 Å². The first-order valence-electron chi connectivity index (χ1n) is 21.4. The summed E-state index contributed by atoms with van der Waals surface area (Å²) in [5.74, 6) is 0. The summed E-state index contributed by atoms with van der Waals surface area (Å²) < 4.78 is 13.2. The highest BCUT2D eigenvalue weighted by atomic mass is 16.3. The number of fused-ring (bicyclic) bond motifs is 6. The lowest BCUT2D eigenvalue weighted by Crippen LogP contribution is -2.12. The predicted octanol–water partition coefficient (Wildman–Crippen LogP) is 17.3. The highest BCUT2D eigenvalue weighted by Gasteiger charge is 2.24. The van der Waals surface area contributed by atoms with E-state index in [9.17, 15) is 0 Å². The van der Waals surface area contributed by atoms with Crippen LogP contribution in [0.2, 0.25) is 0 Å². The molecular weight excluding hydrogens is 767 g/mol. The van der Waals surface area contributed by atoms with Crippen LogP contribution >= 0.6 is 0 Å². The third-order valence-corrected chi connectivity index (χ3v) is 12.3. The smallest absolute Gasteiger partial charge is 0.143 e. The summed E-state index contributed by atoms with van der Waals surface area (Å²) in [6.45, 7) is 0. The van der Waals surface area contributed by atoms with Crippen molar-refractivity contribution in [2.45, 2.75) is 0 Å². The fourth-order valence-corrected chi connectivity index (χ4v) is 9.46. The maximum atomic E-state index is 6.68. The van der Waals surface area contributed by atoms with Crippen molar-refractivity contribution >= 4 is 60.9 Å². The Morgan fingerprint density at radius 3 is 1.22 bits per heavy atom. The molecule has 0 saturated heterocycles. The van der Waals surface area contributed by atoms with Crippen molar-refractivity contribution < 1.29 is 8.83 Å². The summed E-state index contributed by atoms with van der Waals surface area (Å²) in [4.78, 5) is 2.41. The molecule has 10 aromatic carbocycles. The average Bonchev–Trinajstić information content (AvgIpc) is 3.94. The van der Waals surface area contributed by atoms with E-state index in [0.717, 1.165) is 94.3 Å². The summed E-state index contributed by atoms with van der Waals surface area (Å²) in [6, 6.07) is 84.1. The largest absolute Gasteiger partial charge is 0.455 e. The van der Waals surface area contributed by atoms with Crippen molar-refractivity contribution in [1.29, 1.82) is 0 Å². The molecule has 3 heteroatoms. The van der Waals surface area contributed by atoms with Gasteiger partial charge < -0.3 is 13.7 Å². The lowest BCUT2D eigenvalue weighted by atomic mass is 9.88. The van der Waals surface area contributed by atoms with Crippen molar-refractivity contribution in [3.63, 3.8) is 0 Å². The van der Waals surface area contributed by atoms with Gasteiger partial charge >= 0.3 is 0 Å². The van der Waals surface area contributed by atoms with Crippen LogP contribution in [0.4, 0.5) is 17.1 Å². The van der Waals surface area contributed by atoms with Crippen LogP contribution in [0.25, 0.3) is 99.5 Å². The quantitative estimate of drug-likeness (QED) is 0.153. The lowest BCUT2D eigenvalue weighted by molar-refractivity contribution is 0.669. The van der Waals surface area contributed by atoms with Crippen LogP contribution in [-0.4, -0.2) is 0 Å². The molecule has 3 nitrogen and oxygen atoms in total. The number of para-hydroxylation sites is 6. The van der Waals surface area contributed by atoms with Crippen LogP contribution in [0.5, 0.6) is 0 Å². The molecule has 0 amide bonds. The Labute approximate surface area is 365 Å². The molecule has 0 fully saturated rings. The van der Waals surface area contributed by atoms with Gasteiger partial charge in [-0.3, -0.25) is 0 Å².